The number of rotatable bonds is 4. The number of Topliss-reactive ketones (excluding diaryl/α,β-unsaturated/α-hetero) is 1. The third kappa shape index (κ3) is 5.78. The highest BCUT2D eigenvalue weighted by Crippen LogP contribution is 2.20. The van der Waals surface area contributed by atoms with Crippen LogP contribution in [0.3, 0.4) is 0 Å². The Morgan fingerprint density at radius 3 is 2.05 bits per heavy atom. The highest BCUT2D eigenvalue weighted by Gasteiger charge is 2.01. The highest BCUT2D eigenvalue weighted by molar-refractivity contribution is 5.80. The molecular weight excluding hydrogens is 272 g/mol. The normalized spacial score (nSPS) is 11.5. The van der Waals surface area contributed by atoms with Crippen LogP contribution in [0.5, 0.6) is 0 Å². The topological polar surface area (TPSA) is 42.0 Å². The number of benzene rings is 1. The number of aromatic nitrogens is 1. The van der Waals surface area contributed by atoms with Gasteiger partial charge in [0.25, 0.3) is 0 Å². The van der Waals surface area contributed by atoms with Crippen molar-refractivity contribution in [2.45, 2.75) is 39.7 Å². The van der Waals surface area contributed by atoms with E-state index < -0.39 is 0 Å². The molecule has 0 bridgehead atoms. The molecule has 0 amide bonds. The number of likely N-dealkylation sites (N-methyl/N-ethyl adjacent to an activating group) is 1. The summed E-state index contributed by atoms with van der Waals surface area (Å²) in [7, 11) is 1.77. The molecule has 0 radical (unpaired) electrons. The van der Waals surface area contributed by atoms with E-state index in [0.29, 0.717) is 5.92 Å². The number of pyridine rings is 1. The number of hydrogen-bond acceptors (Lipinski definition) is 3. The van der Waals surface area contributed by atoms with Crippen molar-refractivity contribution in [3.8, 4) is 11.3 Å². The number of carbonyl (C=O) groups excluding carboxylic acids is 1. The fourth-order valence-electron chi connectivity index (χ4n) is 1.78. The van der Waals surface area contributed by atoms with Gasteiger partial charge in [0.05, 0.1) is 11.7 Å². The van der Waals surface area contributed by atoms with Gasteiger partial charge in [-0.2, -0.15) is 0 Å². The molecule has 3 nitrogen and oxygen atoms in total. The Bertz CT molecular complexity index is 562. The van der Waals surface area contributed by atoms with Gasteiger partial charge in [-0.15, -0.1) is 0 Å². The summed E-state index contributed by atoms with van der Waals surface area (Å²) < 4.78 is 0. The molecular formula is C19H26N2O. The first-order valence-corrected chi connectivity index (χ1v) is 7.64. The van der Waals surface area contributed by atoms with Gasteiger partial charge in [0, 0.05) is 11.8 Å². The first-order valence-electron chi connectivity index (χ1n) is 7.64. The van der Waals surface area contributed by atoms with Crippen LogP contribution in [0.15, 0.2) is 48.7 Å². The summed E-state index contributed by atoms with van der Waals surface area (Å²) >= 11 is 0. The van der Waals surface area contributed by atoms with Gasteiger partial charge in [-0.3, -0.25) is 9.78 Å². The average molecular weight is 298 g/mol. The van der Waals surface area contributed by atoms with Crippen LogP contribution in [-0.4, -0.2) is 23.9 Å². The minimum atomic E-state index is 0.0139. The van der Waals surface area contributed by atoms with Gasteiger partial charge >= 0.3 is 0 Å². The van der Waals surface area contributed by atoms with Crippen molar-refractivity contribution < 1.29 is 4.79 Å². The van der Waals surface area contributed by atoms with Crippen LogP contribution in [0.4, 0.5) is 0 Å². The zero-order valence-corrected chi connectivity index (χ0v) is 14.1. The fraction of sp³-hybridized carbons (Fsp3) is 0.368. The summed E-state index contributed by atoms with van der Waals surface area (Å²) in [6.07, 6.45) is 1.83. The molecule has 2 aromatic rings. The first-order chi connectivity index (χ1) is 10.5. The second-order valence-electron chi connectivity index (χ2n) is 5.61. The maximum Gasteiger partial charge on any atom is 0.146 e. The van der Waals surface area contributed by atoms with Crippen molar-refractivity contribution >= 4 is 5.78 Å². The smallest absolute Gasteiger partial charge is 0.146 e. The van der Waals surface area contributed by atoms with Crippen LogP contribution in [-0.2, 0) is 4.79 Å². The van der Waals surface area contributed by atoms with E-state index in [1.165, 1.54) is 11.1 Å². The largest absolute Gasteiger partial charge is 0.311 e. The Morgan fingerprint density at radius 2 is 1.68 bits per heavy atom. The van der Waals surface area contributed by atoms with Crippen LogP contribution < -0.4 is 5.32 Å². The Labute approximate surface area is 133 Å². The molecule has 1 unspecified atom stereocenters. The SMILES string of the molecule is CC(C)c1ccc(-c2ccccn2)cc1.CNC(C)C(C)=O. The van der Waals surface area contributed by atoms with Crippen LogP contribution in [0.2, 0.25) is 0 Å². The van der Waals surface area contributed by atoms with Gasteiger partial charge in [0.2, 0.25) is 0 Å². The Kier molecular flexibility index (Phi) is 7.47. The molecule has 1 N–H and O–H groups in total. The summed E-state index contributed by atoms with van der Waals surface area (Å²) in [5.74, 6) is 0.769. The summed E-state index contributed by atoms with van der Waals surface area (Å²) in [6.45, 7) is 7.81. The third-order valence-corrected chi connectivity index (χ3v) is 3.58. The predicted octanol–water partition coefficient (Wildman–Crippen LogP) is 4.06. The maximum atomic E-state index is 10.3. The molecule has 118 valence electrons. The van der Waals surface area contributed by atoms with Crippen LogP contribution in [0.25, 0.3) is 11.3 Å². The molecule has 0 aliphatic rings. The number of nitrogens with one attached hydrogen (secondary N) is 1. The van der Waals surface area contributed by atoms with Gasteiger partial charge in [0.15, 0.2) is 0 Å². The molecule has 1 aromatic heterocycles. The Balaban J connectivity index is 0.000000295. The lowest BCUT2D eigenvalue weighted by atomic mass is 10.0. The summed E-state index contributed by atoms with van der Waals surface area (Å²) in [4.78, 5) is 14.6. The second kappa shape index (κ2) is 9.11. The first kappa shape index (κ1) is 18.1. The lowest BCUT2D eigenvalue weighted by molar-refractivity contribution is -0.118. The lowest BCUT2D eigenvalue weighted by Crippen LogP contribution is -2.28. The van der Waals surface area contributed by atoms with Crippen molar-refractivity contribution in [2.75, 3.05) is 7.05 Å². The summed E-state index contributed by atoms with van der Waals surface area (Å²) in [5, 5.41) is 2.81. The second-order valence-corrected chi connectivity index (χ2v) is 5.61. The Hall–Kier alpha value is -2.00. The lowest BCUT2D eigenvalue weighted by Gasteiger charge is -2.06. The number of nitrogens with zero attached hydrogens (tertiary/aromatic N) is 1. The average Bonchev–Trinajstić information content (AvgIpc) is 2.55. The molecule has 1 aromatic carbocycles. The Morgan fingerprint density at radius 1 is 1.05 bits per heavy atom. The van der Waals surface area contributed by atoms with E-state index in [4.69, 9.17) is 0 Å². The van der Waals surface area contributed by atoms with Crippen molar-refractivity contribution in [1.82, 2.24) is 10.3 Å². The number of ketones is 1. The van der Waals surface area contributed by atoms with Crippen molar-refractivity contribution in [3.05, 3.63) is 54.2 Å². The predicted molar refractivity (Wildman–Crippen MR) is 93.0 cm³/mol. The van der Waals surface area contributed by atoms with E-state index >= 15 is 0 Å². The number of carbonyl (C=O) groups is 1. The van der Waals surface area contributed by atoms with E-state index in [-0.39, 0.29) is 11.8 Å². The molecule has 1 atom stereocenters. The van der Waals surface area contributed by atoms with E-state index in [0.717, 1.165) is 5.69 Å². The van der Waals surface area contributed by atoms with E-state index in [1.54, 1.807) is 14.0 Å². The van der Waals surface area contributed by atoms with Gasteiger partial charge in [-0.05, 0) is 44.5 Å². The van der Waals surface area contributed by atoms with Crippen molar-refractivity contribution in [2.24, 2.45) is 0 Å². The van der Waals surface area contributed by atoms with Gasteiger partial charge in [-0.1, -0.05) is 44.2 Å². The van der Waals surface area contributed by atoms with Crippen LogP contribution in [0, 0.1) is 0 Å². The molecule has 3 heteroatoms. The zero-order valence-electron chi connectivity index (χ0n) is 14.1. The molecule has 0 spiro atoms. The minimum Gasteiger partial charge on any atom is -0.311 e. The van der Waals surface area contributed by atoms with Crippen LogP contribution >= 0.6 is 0 Å². The molecule has 0 fully saturated rings. The van der Waals surface area contributed by atoms with E-state index in [9.17, 15) is 4.79 Å². The van der Waals surface area contributed by atoms with Crippen LogP contribution in [0.1, 0.15) is 39.2 Å². The standard InChI is InChI=1S/C14H15N.C5H11NO/c1-11(2)12-6-8-13(9-7-12)14-5-3-4-10-15-14;1-4(6-3)5(2)7/h3-11H,1-2H3;4,6H,1-3H3. The monoisotopic (exact) mass is 298 g/mol. The molecule has 0 saturated heterocycles. The van der Waals surface area contributed by atoms with Gasteiger partial charge in [-0.25, -0.2) is 0 Å². The molecule has 2 rings (SSSR count). The maximum absolute atomic E-state index is 10.3. The molecule has 1 heterocycles. The van der Waals surface area contributed by atoms with Gasteiger partial charge < -0.3 is 5.32 Å². The molecule has 0 aliphatic carbocycles. The van der Waals surface area contributed by atoms with E-state index in [2.05, 4.69) is 48.4 Å². The highest BCUT2D eigenvalue weighted by atomic mass is 16.1. The molecule has 0 aliphatic heterocycles. The minimum absolute atomic E-state index is 0.0139. The fourth-order valence-corrected chi connectivity index (χ4v) is 1.78. The number of hydrogen-bond donors (Lipinski definition) is 1. The summed E-state index contributed by atoms with van der Waals surface area (Å²) in [6, 6.07) is 14.6. The summed E-state index contributed by atoms with van der Waals surface area (Å²) in [5.41, 5.74) is 3.59. The van der Waals surface area contributed by atoms with Crippen molar-refractivity contribution in [3.63, 3.8) is 0 Å². The van der Waals surface area contributed by atoms with Gasteiger partial charge in [0.1, 0.15) is 5.78 Å². The molecule has 0 saturated carbocycles. The third-order valence-electron chi connectivity index (χ3n) is 3.58. The zero-order chi connectivity index (χ0) is 16.5. The van der Waals surface area contributed by atoms with E-state index in [1.807, 2.05) is 31.3 Å². The van der Waals surface area contributed by atoms with Crippen molar-refractivity contribution in [1.29, 1.82) is 0 Å². The quantitative estimate of drug-likeness (QED) is 0.925. The molecule has 22 heavy (non-hydrogen) atoms.